The SMILES string of the molecule is COc1c(Br)cc(C2(CC(=O)O)CC2)c(F)c1F. The fourth-order valence-electron chi connectivity index (χ4n) is 2.13. The molecule has 98 valence electrons. The molecule has 1 aromatic rings. The number of carboxylic acids is 1. The Kier molecular flexibility index (Phi) is 3.31. The number of methoxy groups -OCH3 is 1. The first-order valence-electron chi connectivity index (χ1n) is 5.35. The highest BCUT2D eigenvalue weighted by Gasteiger charge is 2.48. The molecule has 0 radical (unpaired) electrons. The van der Waals surface area contributed by atoms with Crippen molar-refractivity contribution < 1.29 is 23.4 Å². The van der Waals surface area contributed by atoms with Gasteiger partial charge in [-0.2, -0.15) is 4.39 Å². The van der Waals surface area contributed by atoms with E-state index >= 15 is 0 Å². The lowest BCUT2D eigenvalue weighted by molar-refractivity contribution is -0.137. The van der Waals surface area contributed by atoms with Crippen LogP contribution >= 0.6 is 15.9 Å². The highest BCUT2D eigenvalue weighted by molar-refractivity contribution is 9.10. The van der Waals surface area contributed by atoms with Crippen LogP contribution in [0.25, 0.3) is 0 Å². The van der Waals surface area contributed by atoms with Gasteiger partial charge in [0.2, 0.25) is 5.82 Å². The molecule has 1 aliphatic carbocycles. The lowest BCUT2D eigenvalue weighted by atomic mass is 9.91. The number of hydrogen-bond acceptors (Lipinski definition) is 2. The van der Waals surface area contributed by atoms with E-state index in [4.69, 9.17) is 9.84 Å². The van der Waals surface area contributed by atoms with Gasteiger partial charge in [0.15, 0.2) is 11.6 Å². The van der Waals surface area contributed by atoms with Crippen LogP contribution in [0.1, 0.15) is 24.8 Å². The van der Waals surface area contributed by atoms with Crippen LogP contribution in [0.4, 0.5) is 8.78 Å². The molecule has 1 aliphatic rings. The van der Waals surface area contributed by atoms with Gasteiger partial charge >= 0.3 is 5.97 Å². The van der Waals surface area contributed by atoms with Gasteiger partial charge in [-0.3, -0.25) is 4.79 Å². The third-order valence-electron chi connectivity index (χ3n) is 3.24. The van der Waals surface area contributed by atoms with E-state index in [0.717, 1.165) is 0 Å². The van der Waals surface area contributed by atoms with Crippen molar-refractivity contribution in [2.45, 2.75) is 24.7 Å². The van der Waals surface area contributed by atoms with E-state index in [1.165, 1.54) is 13.2 Å². The molecule has 0 atom stereocenters. The van der Waals surface area contributed by atoms with Gasteiger partial charge in [-0.05, 0) is 40.4 Å². The van der Waals surface area contributed by atoms with Gasteiger partial charge in [-0.1, -0.05) is 0 Å². The Bertz CT molecular complexity index is 513. The first-order chi connectivity index (χ1) is 8.41. The molecule has 1 aromatic carbocycles. The molecule has 0 bridgehead atoms. The minimum Gasteiger partial charge on any atom is -0.492 e. The van der Waals surface area contributed by atoms with Gasteiger partial charge < -0.3 is 9.84 Å². The van der Waals surface area contributed by atoms with E-state index in [9.17, 15) is 13.6 Å². The van der Waals surface area contributed by atoms with Crippen LogP contribution in [0.5, 0.6) is 5.75 Å². The van der Waals surface area contributed by atoms with Crippen LogP contribution < -0.4 is 4.74 Å². The highest BCUT2D eigenvalue weighted by Crippen LogP contribution is 2.53. The van der Waals surface area contributed by atoms with Crippen molar-refractivity contribution in [3.8, 4) is 5.75 Å². The highest BCUT2D eigenvalue weighted by atomic mass is 79.9. The van der Waals surface area contributed by atoms with Gasteiger partial charge in [0.1, 0.15) is 0 Å². The predicted molar refractivity (Wildman–Crippen MR) is 63.8 cm³/mol. The molecule has 0 amide bonds. The van der Waals surface area contributed by atoms with Gasteiger partial charge in [0, 0.05) is 5.41 Å². The zero-order valence-electron chi connectivity index (χ0n) is 9.60. The van der Waals surface area contributed by atoms with Gasteiger partial charge in [0.25, 0.3) is 0 Å². The molecular formula is C12H11BrF2O3. The number of ether oxygens (including phenoxy) is 1. The number of halogens is 3. The third-order valence-corrected chi connectivity index (χ3v) is 3.82. The maximum atomic E-state index is 13.9. The predicted octanol–water partition coefficient (Wildman–Crippen LogP) is 3.24. The van der Waals surface area contributed by atoms with Crippen LogP contribution in [0.3, 0.4) is 0 Å². The number of benzene rings is 1. The normalized spacial score (nSPS) is 16.4. The summed E-state index contributed by atoms with van der Waals surface area (Å²) in [6, 6.07) is 1.41. The molecule has 0 saturated heterocycles. The summed E-state index contributed by atoms with van der Waals surface area (Å²) in [5.74, 6) is -3.33. The molecule has 0 unspecified atom stereocenters. The Morgan fingerprint density at radius 2 is 2.11 bits per heavy atom. The number of rotatable bonds is 4. The van der Waals surface area contributed by atoms with Crippen LogP contribution in [-0.2, 0) is 10.2 Å². The number of aliphatic carboxylic acids is 1. The second kappa shape index (κ2) is 4.50. The minimum absolute atomic E-state index is 0.107. The van der Waals surface area contributed by atoms with E-state index in [1.54, 1.807) is 0 Å². The topological polar surface area (TPSA) is 46.5 Å². The van der Waals surface area contributed by atoms with Crippen molar-refractivity contribution in [3.05, 3.63) is 27.7 Å². The van der Waals surface area contributed by atoms with Gasteiger partial charge in [-0.25, -0.2) is 4.39 Å². The summed E-state index contributed by atoms with van der Waals surface area (Å²) >= 11 is 3.10. The lowest BCUT2D eigenvalue weighted by Gasteiger charge is -2.16. The molecule has 0 heterocycles. The van der Waals surface area contributed by atoms with Crippen molar-refractivity contribution in [3.63, 3.8) is 0 Å². The molecule has 0 aromatic heterocycles. The maximum absolute atomic E-state index is 13.9. The van der Waals surface area contributed by atoms with Crippen LogP contribution in [-0.4, -0.2) is 18.2 Å². The molecule has 3 nitrogen and oxygen atoms in total. The average Bonchev–Trinajstić information content (AvgIpc) is 3.04. The quantitative estimate of drug-likeness (QED) is 0.866. The standard InChI is InChI=1S/C12H11BrF2O3/c1-18-11-7(13)4-6(9(14)10(11)15)12(2-3-12)5-8(16)17/h4H,2-3,5H2,1H3,(H,16,17). The Balaban J connectivity index is 2.50. The second-order valence-corrected chi connectivity index (χ2v) is 5.27. The largest absolute Gasteiger partial charge is 0.492 e. The molecule has 1 saturated carbocycles. The van der Waals surface area contributed by atoms with Crippen molar-refractivity contribution in [1.82, 2.24) is 0 Å². The van der Waals surface area contributed by atoms with Crippen molar-refractivity contribution in [1.29, 1.82) is 0 Å². The van der Waals surface area contributed by atoms with E-state index in [2.05, 4.69) is 15.9 Å². The maximum Gasteiger partial charge on any atom is 0.304 e. The first-order valence-corrected chi connectivity index (χ1v) is 6.14. The van der Waals surface area contributed by atoms with E-state index < -0.39 is 23.0 Å². The van der Waals surface area contributed by atoms with E-state index in [1.807, 2.05) is 0 Å². The summed E-state index contributed by atoms with van der Waals surface area (Å²) in [6.45, 7) is 0. The zero-order valence-corrected chi connectivity index (χ0v) is 11.2. The second-order valence-electron chi connectivity index (χ2n) is 4.42. The molecule has 0 spiro atoms. The molecule has 18 heavy (non-hydrogen) atoms. The Morgan fingerprint density at radius 3 is 2.56 bits per heavy atom. The van der Waals surface area contributed by atoms with E-state index in [-0.39, 0.29) is 22.2 Å². The summed E-state index contributed by atoms with van der Waals surface area (Å²) in [5.41, 5.74) is -0.666. The van der Waals surface area contributed by atoms with Crippen molar-refractivity contribution in [2.75, 3.05) is 7.11 Å². The number of carbonyl (C=O) groups is 1. The molecular weight excluding hydrogens is 310 g/mol. The number of carboxylic acid groups (broad SMARTS) is 1. The van der Waals surface area contributed by atoms with Crippen LogP contribution in [0.15, 0.2) is 10.5 Å². The minimum atomic E-state index is -1.08. The summed E-state index contributed by atoms with van der Waals surface area (Å²) in [5, 5.41) is 8.83. The fourth-order valence-corrected chi connectivity index (χ4v) is 2.70. The molecule has 1 N–H and O–H groups in total. The molecule has 6 heteroatoms. The summed E-state index contributed by atoms with van der Waals surface area (Å²) in [4.78, 5) is 10.8. The Hall–Kier alpha value is -1.17. The van der Waals surface area contributed by atoms with Gasteiger partial charge in [0.05, 0.1) is 18.0 Å². The zero-order chi connectivity index (χ0) is 13.5. The van der Waals surface area contributed by atoms with Crippen molar-refractivity contribution >= 4 is 21.9 Å². The summed E-state index contributed by atoms with van der Waals surface area (Å²) < 4.78 is 32.7. The van der Waals surface area contributed by atoms with E-state index in [0.29, 0.717) is 12.8 Å². The third kappa shape index (κ3) is 2.09. The summed E-state index contributed by atoms with van der Waals surface area (Å²) in [6.07, 6.45) is 0.908. The molecule has 1 fully saturated rings. The van der Waals surface area contributed by atoms with Gasteiger partial charge in [-0.15, -0.1) is 0 Å². The summed E-state index contributed by atoms with van der Waals surface area (Å²) in [7, 11) is 1.24. The monoisotopic (exact) mass is 320 g/mol. The lowest BCUT2D eigenvalue weighted by Crippen LogP contribution is -2.16. The fraction of sp³-hybridized carbons (Fsp3) is 0.417. The first kappa shape index (κ1) is 13.3. The average molecular weight is 321 g/mol. The van der Waals surface area contributed by atoms with Crippen LogP contribution in [0.2, 0.25) is 0 Å². The Labute approximate surface area is 111 Å². The van der Waals surface area contributed by atoms with Crippen LogP contribution in [0, 0.1) is 11.6 Å². The number of hydrogen-bond donors (Lipinski definition) is 1. The molecule has 0 aliphatic heterocycles. The smallest absolute Gasteiger partial charge is 0.304 e. The van der Waals surface area contributed by atoms with Crippen molar-refractivity contribution in [2.24, 2.45) is 0 Å². The molecule has 2 rings (SSSR count). The Morgan fingerprint density at radius 1 is 1.50 bits per heavy atom.